The number of benzene rings is 1. The first kappa shape index (κ1) is 23.0. The predicted octanol–water partition coefficient (Wildman–Crippen LogP) is 1.24. The van der Waals surface area contributed by atoms with Crippen LogP contribution in [0, 0.1) is 12.8 Å². The number of nitrogens with zero attached hydrogens (tertiary/aromatic N) is 2. The van der Waals surface area contributed by atoms with Crippen molar-refractivity contribution in [3.05, 3.63) is 23.8 Å². The first-order valence-electron chi connectivity index (χ1n) is 10.6. The lowest BCUT2D eigenvalue weighted by molar-refractivity contribution is -0.126. The lowest BCUT2D eigenvalue weighted by atomic mass is 9.99. The van der Waals surface area contributed by atoms with Gasteiger partial charge in [-0.3, -0.25) is 9.69 Å². The third kappa shape index (κ3) is 5.72. The average molecular weight is 440 g/mol. The maximum atomic E-state index is 13.1. The predicted molar refractivity (Wildman–Crippen MR) is 114 cm³/mol. The molecule has 0 bridgehead atoms. The van der Waals surface area contributed by atoms with E-state index in [1.165, 1.54) is 4.31 Å². The van der Waals surface area contributed by atoms with Gasteiger partial charge >= 0.3 is 0 Å². The highest BCUT2D eigenvalue weighted by Crippen LogP contribution is 2.27. The summed E-state index contributed by atoms with van der Waals surface area (Å²) in [4.78, 5) is 15.2. The van der Waals surface area contributed by atoms with E-state index in [0.717, 1.165) is 44.8 Å². The minimum Gasteiger partial charge on any atom is -0.496 e. The molecule has 30 heavy (non-hydrogen) atoms. The minimum absolute atomic E-state index is 0.0530. The van der Waals surface area contributed by atoms with Crippen molar-refractivity contribution >= 4 is 15.9 Å². The van der Waals surface area contributed by atoms with Crippen molar-refractivity contribution in [2.45, 2.75) is 31.1 Å². The Kier molecular flexibility index (Phi) is 8.10. The summed E-state index contributed by atoms with van der Waals surface area (Å²) in [7, 11) is -2.08. The fourth-order valence-corrected chi connectivity index (χ4v) is 5.63. The third-order valence-electron chi connectivity index (χ3n) is 5.81. The molecule has 0 saturated carbocycles. The Labute approximate surface area is 179 Å². The molecule has 8 nitrogen and oxygen atoms in total. The van der Waals surface area contributed by atoms with Crippen LogP contribution in [0.25, 0.3) is 0 Å². The van der Waals surface area contributed by atoms with Gasteiger partial charge in [0.15, 0.2) is 0 Å². The summed E-state index contributed by atoms with van der Waals surface area (Å²) in [6.45, 7) is 7.45. The molecule has 0 radical (unpaired) electrons. The highest BCUT2D eigenvalue weighted by atomic mass is 32.2. The second-order valence-electron chi connectivity index (χ2n) is 7.93. The number of nitrogens with one attached hydrogen (secondary N) is 1. The molecule has 1 aromatic carbocycles. The van der Waals surface area contributed by atoms with Crippen LogP contribution < -0.4 is 10.1 Å². The van der Waals surface area contributed by atoms with Crippen molar-refractivity contribution in [3.8, 4) is 5.75 Å². The standard InChI is InChI=1S/C21H33N3O5S/c1-17-15-19(6-7-20(17)28-2)30(26,27)24-10-3-5-18(16-24)21(25)22-8-4-9-23-11-13-29-14-12-23/h6-7,15,18H,3-5,8-14,16H2,1-2H3,(H,22,25). The number of hydrogen-bond acceptors (Lipinski definition) is 6. The van der Waals surface area contributed by atoms with Gasteiger partial charge in [0.1, 0.15) is 5.75 Å². The van der Waals surface area contributed by atoms with Crippen molar-refractivity contribution in [2.24, 2.45) is 5.92 Å². The molecule has 1 atom stereocenters. The van der Waals surface area contributed by atoms with Gasteiger partial charge in [0.2, 0.25) is 15.9 Å². The fourth-order valence-electron chi connectivity index (χ4n) is 4.02. The highest BCUT2D eigenvalue weighted by molar-refractivity contribution is 7.89. The Morgan fingerprint density at radius 3 is 2.73 bits per heavy atom. The number of ether oxygens (including phenoxy) is 2. The minimum atomic E-state index is -3.64. The second kappa shape index (κ2) is 10.6. The number of aryl methyl sites for hydroxylation is 1. The molecule has 0 aliphatic carbocycles. The van der Waals surface area contributed by atoms with Crippen LogP contribution in [0.3, 0.4) is 0 Å². The van der Waals surface area contributed by atoms with E-state index >= 15 is 0 Å². The first-order chi connectivity index (χ1) is 14.4. The lowest BCUT2D eigenvalue weighted by Gasteiger charge is -2.31. The molecule has 1 aromatic rings. The molecule has 0 spiro atoms. The molecule has 2 fully saturated rings. The topological polar surface area (TPSA) is 88.2 Å². The van der Waals surface area contributed by atoms with Crippen LogP contribution in [0.15, 0.2) is 23.1 Å². The number of methoxy groups -OCH3 is 1. The summed E-state index contributed by atoms with van der Waals surface area (Å²) in [5.74, 6) is 0.293. The Bertz CT molecular complexity index is 824. The highest BCUT2D eigenvalue weighted by Gasteiger charge is 2.33. The number of amides is 1. The van der Waals surface area contributed by atoms with Crippen LogP contribution >= 0.6 is 0 Å². The van der Waals surface area contributed by atoms with Crippen LogP contribution in [0.2, 0.25) is 0 Å². The molecule has 1 unspecified atom stereocenters. The summed E-state index contributed by atoms with van der Waals surface area (Å²) in [6.07, 6.45) is 2.27. The number of hydrogen-bond donors (Lipinski definition) is 1. The molecule has 1 amide bonds. The van der Waals surface area contributed by atoms with Gasteiger partial charge in [-0.1, -0.05) is 0 Å². The Balaban J connectivity index is 1.52. The van der Waals surface area contributed by atoms with E-state index in [-0.39, 0.29) is 23.3 Å². The first-order valence-corrected chi connectivity index (χ1v) is 12.1. The molecule has 2 heterocycles. The zero-order valence-electron chi connectivity index (χ0n) is 17.9. The Morgan fingerprint density at radius 1 is 1.27 bits per heavy atom. The van der Waals surface area contributed by atoms with Crippen LogP contribution in [-0.2, 0) is 19.6 Å². The molecule has 0 aromatic heterocycles. The van der Waals surface area contributed by atoms with Crippen molar-refractivity contribution in [1.29, 1.82) is 0 Å². The van der Waals surface area contributed by atoms with Gasteiger partial charge in [0.05, 0.1) is 31.1 Å². The fraction of sp³-hybridized carbons (Fsp3) is 0.667. The van der Waals surface area contributed by atoms with Gasteiger partial charge in [-0.15, -0.1) is 0 Å². The van der Waals surface area contributed by atoms with E-state index in [1.54, 1.807) is 25.3 Å². The molecule has 9 heteroatoms. The zero-order valence-corrected chi connectivity index (χ0v) is 18.7. The van der Waals surface area contributed by atoms with E-state index in [2.05, 4.69) is 10.2 Å². The third-order valence-corrected chi connectivity index (χ3v) is 7.67. The zero-order chi connectivity index (χ0) is 21.6. The molecule has 2 aliphatic rings. The van der Waals surface area contributed by atoms with E-state index in [1.807, 2.05) is 6.92 Å². The van der Waals surface area contributed by atoms with Crippen LogP contribution in [-0.4, -0.2) is 83.1 Å². The monoisotopic (exact) mass is 439 g/mol. The molecule has 2 aliphatic heterocycles. The number of carbonyl (C=O) groups excluding carboxylic acids is 1. The molecule has 1 N–H and O–H groups in total. The van der Waals surface area contributed by atoms with E-state index < -0.39 is 10.0 Å². The lowest BCUT2D eigenvalue weighted by Crippen LogP contribution is -2.45. The maximum absolute atomic E-state index is 13.1. The molecule has 3 rings (SSSR count). The molecular weight excluding hydrogens is 406 g/mol. The van der Waals surface area contributed by atoms with Crippen molar-refractivity contribution in [2.75, 3.05) is 59.6 Å². The van der Waals surface area contributed by atoms with Gasteiger partial charge in [-0.2, -0.15) is 4.31 Å². The van der Waals surface area contributed by atoms with Gasteiger partial charge in [-0.25, -0.2) is 8.42 Å². The largest absolute Gasteiger partial charge is 0.496 e. The summed E-state index contributed by atoms with van der Waals surface area (Å²) in [5.41, 5.74) is 0.769. The van der Waals surface area contributed by atoms with Crippen LogP contribution in [0.4, 0.5) is 0 Å². The number of rotatable bonds is 8. The average Bonchev–Trinajstić information content (AvgIpc) is 2.77. The van der Waals surface area contributed by atoms with E-state index in [4.69, 9.17) is 9.47 Å². The van der Waals surface area contributed by atoms with Crippen molar-refractivity contribution in [1.82, 2.24) is 14.5 Å². The SMILES string of the molecule is COc1ccc(S(=O)(=O)N2CCCC(C(=O)NCCCN3CCOCC3)C2)cc1C. The Hall–Kier alpha value is -1.68. The van der Waals surface area contributed by atoms with Crippen LogP contribution in [0.5, 0.6) is 5.75 Å². The number of morpholine rings is 1. The molecule has 2 saturated heterocycles. The molecular formula is C21H33N3O5S. The van der Waals surface area contributed by atoms with Crippen molar-refractivity contribution < 1.29 is 22.7 Å². The summed E-state index contributed by atoms with van der Waals surface area (Å²) >= 11 is 0. The normalized spacial score (nSPS) is 21.3. The molecule has 168 valence electrons. The second-order valence-corrected chi connectivity index (χ2v) is 9.87. The van der Waals surface area contributed by atoms with Gasteiger partial charge < -0.3 is 14.8 Å². The number of carbonyl (C=O) groups is 1. The quantitative estimate of drug-likeness (QED) is 0.614. The van der Waals surface area contributed by atoms with Crippen molar-refractivity contribution in [3.63, 3.8) is 0 Å². The van der Waals surface area contributed by atoms with Crippen LogP contribution in [0.1, 0.15) is 24.8 Å². The maximum Gasteiger partial charge on any atom is 0.243 e. The van der Waals surface area contributed by atoms with Gasteiger partial charge in [0.25, 0.3) is 0 Å². The van der Waals surface area contributed by atoms with E-state index in [9.17, 15) is 13.2 Å². The smallest absolute Gasteiger partial charge is 0.243 e. The number of piperidine rings is 1. The summed E-state index contributed by atoms with van der Waals surface area (Å²) in [5, 5.41) is 2.99. The number of sulfonamides is 1. The van der Waals surface area contributed by atoms with Gasteiger partial charge in [-0.05, 0) is 56.5 Å². The Morgan fingerprint density at radius 2 is 2.03 bits per heavy atom. The van der Waals surface area contributed by atoms with Gasteiger partial charge in [0, 0.05) is 32.7 Å². The van der Waals surface area contributed by atoms with E-state index in [0.29, 0.717) is 31.7 Å². The summed E-state index contributed by atoms with van der Waals surface area (Å²) < 4.78 is 38.2. The summed E-state index contributed by atoms with van der Waals surface area (Å²) in [6, 6.07) is 4.87.